The fourth-order valence-electron chi connectivity index (χ4n) is 0.905. The summed E-state index contributed by atoms with van der Waals surface area (Å²) in [5, 5.41) is 16.8. The van der Waals surface area contributed by atoms with Crippen LogP contribution >= 0.6 is 0 Å². The summed E-state index contributed by atoms with van der Waals surface area (Å²) in [5.41, 5.74) is 0.390. The predicted molar refractivity (Wildman–Crippen MR) is 48.8 cm³/mol. The van der Waals surface area contributed by atoms with Crippen LogP contribution in [-0.4, -0.2) is 14.2 Å². The van der Waals surface area contributed by atoms with Crippen molar-refractivity contribution in [3.8, 4) is 12.1 Å². The molecule has 0 bridgehead atoms. The molecule has 0 N–H and O–H groups in total. The van der Waals surface area contributed by atoms with Crippen molar-refractivity contribution < 1.29 is 8.42 Å². The average molecular weight is 206 g/mol. The number of sulfone groups is 1. The van der Waals surface area contributed by atoms with Crippen molar-refractivity contribution in [3.05, 3.63) is 29.8 Å². The van der Waals surface area contributed by atoms with Crippen molar-refractivity contribution in [2.24, 2.45) is 0 Å². The number of nitrogens with zero attached hydrogens (tertiary/aromatic N) is 2. The molecule has 4 nitrogen and oxygen atoms in total. The van der Waals surface area contributed by atoms with Crippen LogP contribution in [0.15, 0.2) is 29.2 Å². The monoisotopic (exact) mass is 206 g/mol. The predicted octanol–water partition coefficient (Wildman–Crippen LogP) is 0.856. The van der Waals surface area contributed by atoms with Crippen LogP contribution in [0.4, 0.5) is 0 Å². The van der Waals surface area contributed by atoms with Crippen molar-refractivity contribution in [1.29, 1.82) is 10.5 Å². The SMILES string of the molecule is N#CCS(=O)(=O)c1ccc(C#N)cc1. The quantitative estimate of drug-likeness (QED) is 0.718. The van der Waals surface area contributed by atoms with Crippen molar-refractivity contribution in [3.63, 3.8) is 0 Å². The molecule has 0 spiro atoms. The Balaban J connectivity index is 3.13. The molecule has 0 atom stereocenters. The fourth-order valence-corrected chi connectivity index (χ4v) is 1.79. The third-order valence-electron chi connectivity index (χ3n) is 1.60. The molecule has 70 valence electrons. The zero-order valence-electron chi connectivity index (χ0n) is 7.14. The first-order valence-electron chi connectivity index (χ1n) is 3.70. The summed E-state index contributed by atoms with van der Waals surface area (Å²) >= 11 is 0. The molecule has 0 fully saturated rings. The Morgan fingerprint density at radius 2 is 1.71 bits per heavy atom. The summed E-state index contributed by atoms with van der Waals surface area (Å²) < 4.78 is 22.7. The lowest BCUT2D eigenvalue weighted by Gasteiger charge is -1.98. The van der Waals surface area contributed by atoms with Gasteiger partial charge in [-0.25, -0.2) is 8.42 Å². The maximum absolute atomic E-state index is 11.3. The van der Waals surface area contributed by atoms with Gasteiger partial charge in [0.2, 0.25) is 0 Å². The molecule has 0 amide bonds. The third kappa shape index (κ3) is 2.09. The second kappa shape index (κ2) is 3.91. The standard InChI is InChI=1S/C9H6N2O2S/c10-5-6-14(12,13)9-3-1-8(7-11)2-4-9/h1-4H,6H2. The Bertz CT molecular complexity index is 503. The summed E-state index contributed by atoms with van der Waals surface area (Å²) in [5.74, 6) is -0.543. The zero-order chi connectivity index (χ0) is 10.6. The normalized spacial score (nSPS) is 10.1. The molecule has 1 aromatic rings. The highest BCUT2D eigenvalue weighted by molar-refractivity contribution is 7.91. The van der Waals surface area contributed by atoms with Crippen LogP contribution in [0.5, 0.6) is 0 Å². The van der Waals surface area contributed by atoms with Gasteiger partial charge in [0, 0.05) is 0 Å². The lowest BCUT2D eigenvalue weighted by molar-refractivity contribution is 0.599. The molecule has 0 aliphatic heterocycles. The smallest absolute Gasteiger partial charge is 0.191 e. The van der Waals surface area contributed by atoms with E-state index in [0.717, 1.165) is 0 Å². The minimum atomic E-state index is -3.51. The lowest BCUT2D eigenvalue weighted by Crippen LogP contribution is -2.04. The van der Waals surface area contributed by atoms with E-state index in [2.05, 4.69) is 0 Å². The van der Waals surface area contributed by atoms with Crippen LogP contribution < -0.4 is 0 Å². The number of nitriles is 2. The van der Waals surface area contributed by atoms with E-state index < -0.39 is 15.6 Å². The molecule has 1 aromatic carbocycles. The van der Waals surface area contributed by atoms with Gasteiger partial charge in [-0.1, -0.05) is 0 Å². The summed E-state index contributed by atoms with van der Waals surface area (Å²) in [6.45, 7) is 0. The largest absolute Gasteiger partial charge is 0.223 e. The molecule has 0 unspecified atom stereocenters. The highest BCUT2D eigenvalue weighted by atomic mass is 32.2. The van der Waals surface area contributed by atoms with Gasteiger partial charge in [0.1, 0.15) is 5.75 Å². The van der Waals surface area contributed by atoms with Gasteiger partial charge in [-0.15, -0.1) is 0 Å². The molecule has 0 saturated heterocycles. The van der Waals surface area contributed by atoms with Crippen LogP contribution in [0.25, 0.3) is 0 Å². The van der Waals surface area contributed by atoms with E-state index in [1.165, 1.54) is 24.3 Å². The van der Waals surface area contributed by atoms with Gasteiger partial charge in [-0.2, -0.15) is 10.5 Å². The Morgan fingerprint density at radius 3 is 2.14 bits per heavy atom. The third-order valence-corrected chi connectivity index (χ3v) is 3.10. The van der Waals surface area contributed by atoms with Crippen molar-refractivity contribution in [1.82, 2.24) is 0 Å². The molecular weight excluding hydrogens is 200 g/mol. The van der Waals surface area contributed by atoms with Crippen LogP contribution in [0.3, 0.4) is 0 Å². The van der Waals surface area contributed by atoms with Crippen LogP contribution in [0.1, 0.15) is 5.56 Å². The average Bonchev–Trinajstić information content (AvgIpc) is 2.18. The maximum Gasteiger partial charge on any atom is 0.191 e. The Hall–Kier alpha value is -1.85. The van der Waals surface area contributed by atoms with Crippen molar-refractivity contribution in [2.75, 3.05) is 5.75 Å². The number of hydrogen-bond donors (Lipinski definition) is 0. The fraction of sp³-hybridized carbons (Fsp3) is 0.111. The Kier molecular flexibility index (Phi) is 2.85. The minimum Gasteiger partial charge on any atom is -0.223 e. The van der Waals surface area contributed by atoms with Gasteiger partial charge in [-0.3, -0.25) is 0 Å². The van der Waals surface area contributed by atoms with Gasteiger partial charge in [0.05, 0.1) is 22.6 Å². The molecule has 5 heteroatoms. The first-order chi connectivity index (χ1) is 6.60. The second-order valence-corrected chi connectivity index (χ2v) is 4.54. The highest BCUT2D eigenvalue weighted by Gasteiger charge is 2.12. The Labute approximate surface area is 81.9 Å². The molecule has 0 radical (unpaired) electrons. The number of benzene rings is 1. The van der Waals surface area contributed by atoms with Crippen LogP contribution in [0, 0.1) is 22.7 Å². The molecule has 0 aliphatic carbocycles. The molecule has 1 rings (SSSR count). The van der Waals surface area contributed by atoms with E-state index in [9.17, 15) is 8.42 Å². The van der Waals surface area contributed by atoms with Gasteiger partial charge in [0.25, 0.3) is 0 Å². The van der Waals surface area contributed by atoms with E-state index in [1.54, 1.807) is 6.07 Å². The van der Waals surface area contributed by atoms with Crippen LogP contribution in [0.2, 0.25) is 0 Å². The maximum atomic E-state index is 11.3. The number of rotatable bonds is 2. The molecule has 0 aromatic heterocycles. The van der Waals surface area contributed by atoms with Crippen molar-refractivity contribution >= 4 is 9.84 Å². The van der Waals surface area contributed by atoms with Crippen LogP contribution in [-0.2, 0) is 9.84 Å². The molecule has 0 aliphatic rings. The second-order valence-electron chi connectivity index (χ2n) is 2.55. The van der Waals surface area contributed by atoms with Crippen molar-refractivity contribution in [2.45, 2.75) is 4.90 Å². The first-order valence-corrected chi connectivity index (χ1v) is 5.35. The van der Waals surface area contributed by atoms with Gasteiger partial charge in [-0.05, 0) is 24.3 Å². The zero-order valence-corrected chi connectivity index (χ0v) is 7.95. The minimum absolute atomic E-state index is 0.0676. The summed E-state index contributed by atoms with van der Waals surface area (Å²) in [6, 6.07) is 8.92. The van der Waals surface area contributed by atoms with E-state index >= 15 is 0 Å². The van der Waals surface area contributed by atoms with E-state index in [0.29, 0.717) is 5.56 Å². The van der Waals surface area contributed by atoms with Gasteiger partial charge >= 0.3 is 0 Å². The Morgan fingerprint density at radius 1 is 1.14 bits per heavy atom. The molecular formula is C9H6N2O2S. The first kappa shape index (κ1) is 10.2. The van der Waals surface area contributed by atoms with Gasteiger partial charge < -0.3 is 0 Å². The summed E-state index contributed by atoms with van der Waals surface area (Å²) in [6.07, 6.45) is 0. The molecule has 0 saturated carbocycles. The topological polar surface area (TPSA) is 81.7 Å². The summed E-state index contributed by atoms with van der Waals surface area (Å²) in [7, 11) is -3.51. The summed E-state index contributed by atoms with van der Waals surface area (Å²) in [4.78, 5) is 0.0676. The lowest BCUT2D eigenvalue weighted by atomic mass is 10.2. The van der Waals surface area contributed by atoms with E-state index in [4.69, 9.17) is 10.5 Å². The molecule has 14 heavy (non-hydrogen) atoms. The van der Waals surface area contributed by atoms with E-state index in [-0.39, 0.29) is 4.90 Å². The van der Waals surface area contributed by atoms with Gasteiger partial charge in [0.15, 0.2) is 9.84 Å². The molecule has 0 heterocycles. The highest BCUT2D eigenvalue weighted by Crippen LogP contribution is 2.11. The number of hydrogen-bond acceptors (Lipinski definition) is 4. The van der Waals surface area contributed by atoms with E-state index in [1.807, 2.05) is 6.07 Å².